The maximum Gasteiger partial charge on any atom is 0.105 e. The molecule has 13 heavy (non-hydrogen) atoms. The summed E-state index contributed by atoms with van der Waals surface area (Å²) in [5.74, 6) is 0. The van der Waals surface area contributed by atoms with Crippen molar-refractivity contribution in [1.29, 1.82) is 0 Å². The van der Waals surface area contributed by atoms with Crippen molar-refractivity contribution in [3.63, 3.8) is 0 Å². The first kappa shape index (κ1) is 10.2. The van der Waals surface area contributed by atoms with Crippen molar-refractivity contribution in [2.45, 2.75) is 25.7 Å². The van der Waals surface area contributed by atoms with Crippen LogP contribution in [0.4, 0.5) is 0 Å². The molecule has 0 amide bonds. The fourth-order valence-electron chi connectivity index (χ4n) is 1.27. The fourth-order valence-corrected chi connectivity index (χ4v) is 1.27. The van der Waals surface area contributed by atoms with Crippen LogP contribution in [0.1, 0.15) is 24.2 Å². The Balaban J connectivity index is 2.98. The van der Waals surface area contributed by atoms with E-state index in [9.17, 15) is 10.2 Å². The molecule has 0 bridgehead atoms. The van der Waals surface area contributed by atoms with E-state index in [2.05, 4.69) is 0 Å². The molecule has 3 nitrogen and oxygen atoms in total. The molecule has 1 unspecified atom stereocenters. The summed E-state index contributed by atoms with van der Waals surface area (Å²) in [6.07, 6.45) is -1.62. The van der Waals surface area contributed by atoms with Crippen LogP contribution in [0.2, 0.25) is 0 Å². The normalized spacial score (nSPS) is 15.4. The summed E-state index contributed by atoms with van der Waals surface area (Å²) in [7, 11) is 0. The molecule has 0 saturated heterocycles. The van der Waals surface area contributed by atoms with Crippen LogP contribution < -0.4 is 5.73 Å². The molecule has 0 fully saturated rings. The topological polar surface area (TPSA) is 66.5 Å². The van der Waals surface area contributed by atoms with Crippen molar-refractivity contribution in [3.05, 3.63) is 35.4 Å². The molecule has 0 spiro atoms. The standard InChI is InChI=1S/C10H15NO2/c1-7(12)10(13)9-5-3-2-4-8(9)6-11/h2-5,7,10,12-13H,6,11H2,1H3/t7?,10-/m1/s1. The first-order valence-corrected chi connectivity index (χ1v) is 4.30. The summed E-state index contributed by atoms with van der Waals surface area (Å²) in [5.41, 5.74) is 7.08. The SMILES string of the molecule is CC(O)[C@@H](O)c1ccccc1CN. The molecule has 0 saturated carbocycles. The molecular formula is C10H15NO2. The van der Waals surface area contributed by atoms with E-state index in [-0.39, 0.29) is 0 Å². The monoisotopic (exact) mass is 181 g/mol. The molecule has 3 heteroatoms. The van der Waals surface area contributed by atoms with Gasteiger partial charge in [0, 0.05) is 6.54 Å². The average molecular weight is 181 g/mol. The van der Waals surface area contributed by atoms with E-state index in [0.29, 0.717) is 12.1 Å². The Hall–Kier alpha value is -0.900. The van der Waals surface area contributed by atoms with E-state index in [0.717, 1.165) is 5.56 Å². The zero-order valence-corrected chi connectivity index (χ0v) is 7.64. The number of hydrogen-bond donors (Lipinski definition) is 3. The molecule has 4 N–H and O–H groups in total. The Labute approximate surface area is 77.8 Å². The lowest BCUT2D eigenvalue weighted by atomic mass is 9.99. The number of nitrogens with two attached hydrogens (primary N) is 1. The molecule has 2 atom stereocenters. The molecule has 1 rings (SSSR count). The second-order valence-corrected chi connectivity index (χ2v) is 3.09. The molecule has 0 heterocycles. The Morgan fingerprint density at radius 2 is 1.92 bits per heavy atom. The highest BCUT2D eigenvalue weighted by Gasteiger charge is 2.15. The summed E-state index contributed by atoms with van der Waals surface area (Å²) >= 11 is 0. The van der Waals surface area contributed by atoms with Crippen LogP contribution >= 0.6 is 0 Å². The van der Waals surface area contributed by atoms with Crippen molar-refractivity contribution in [2.75, 3.05) is 0 Å². The number of benzene rings is 1. The highest BCUT2D eigenvalue weighted by Crippen LogP contribution is 2.20. The Morgan fingerprint density at radius 1 is 1.31 bits per heavy atom. The minimum atomic E-state index is -0.847. The van der Waals surface area contributed by atoms with Crippen molar-refractivity contribution in [3.8, 4) is 0 Å². The lowest BCUT2D eigenvalue weighted by Gasteiger charge is -2.16. The molecule has 1 aromatic carbocycles. The summed E-state index contributed by atoms with van der Waals surface area (Å²) in [4.78, 5) is 0. The second kappa shape index (κ2) is 4.37. The van der Waals surface area contributed by atoms with Gasteiger partial charge in [-0.2, -0.15) is 0 Å². The maximum absolute atomic E-state index is 9.60. The first-order chi connectivity index (χ1) is 6.16. The molecular weight excluding hydrogens is 166 g/mol. The minimum Gasteiger partial charge on any atom is -0.390 e. The van der Waals surface area contributed by atoms with Gasteiger partial charge in [-0.1, -0.05) is 24.3 Å². The van der Waals surface area contributed by atoms with Crippen LogP contribution in [0.5, 0.6) is 0 Å². The lowest BCUT2D eigenvalue weighted by Crippen LogP contribution is -2.16. The van der Waals surface area contributed by atoms with Gasteiger partial charge >= 0.3 is 0 Å². The second-order valence-electron chi connectivity index (χ2n) is 3.09. The van der Waals surface area contributed by atoms with E-state index in [1.54, 1.807) is 13.0 Å². The summed E-state index contributed by atoms with van der Waals surface area (Å²) in [6, 6.07) is 7.31. The van der Waals surface area contributed by atoms with E-state index < -0.39 is 12.2 Å². The van der Waals surface area contributed by atoms with Gasteiger partial charge in [-0.3, -0.25) is 0 Å². The van der Waals surface area contributed by atoms with Gasteiger partial charge < -0.3 is 15.9 Å². The van der Waals surface area contributed by atoms with Gasteiger partial charge in [-0.15, -0.1) is 0 Å². The molecule has 0 aromatic heterocycles. The van der Waals surface area contributed by atoms with Crippen molar-refractivity contribution in [2.24, 2.45) is 5.73 Å². The van der Waals surface area contributed by atoms with E-state index in [1.165, 1.54) is 0 Å². The Morgan fingerprint density at radius 3 is 2.46 bits per heavy atom. The van der Waals surface area contributed by atoms with Gasteiger partial charge in [-0.25, -0.2) is 0 Å². The van der Waals surface area contributed by atoms with Crippen LogP contribution in [0, 0.1) is 0 Å². The van der Waals surface area contributed by atoms with Crippen molar-refractivity contribution in [1.82, 2.24) is 0 Å². The Kier molecular flexibility index (Phi) is 3.42. The molecule has 0 aliphatic carbocycles. The molecule has 0 aliphatic rings. The molecule has 72 valence electrons. The third-order valence-corrected chi connectivity index (χ3v) is 2.05. The van der Waals surface area contributed by atoms with E-state index in [1.807, 2.05) is 18.2 Å². The smallest absolute Gasteiger partial charge is 0.105 e. The Bertz CT molecular complexity index is 273. The first-order valence-electron chi connectivity index (χ1n) is 4.30. The molecule has 0 radical (unpaired) electrons. The zero-order valence-electron chi connectivity index (χ0n) is 7.64. The van der Waals surface area contributed by atoms with Gasteiger partial charge in [-0.05, 0) is 18.1 Å². The van der Waals surface area contributed by atoms with Gasteiger partial charge in [0.2, 0.25) is 0 Å². The van der Waals surface area contributed by atoms with Gasteiger partial charge in [0.05, 0.1) is 6.10 Å². The van der Waals surface area contributed by atoms with Gasteiger partial charge in [0.25, 0.3) is 0 Å². The summed E-state index contributed by atoms with van der Waals surface area (Å²) in [5, 5.41) is 18.8. The summed E-state index contributed by atoms with van der Waals surface area (Å²) in [6.45, 7) is 1.93. The maximum atomic E-state index is 9.60. The van der Waals surface area contributed by atoms with Crippen LogP contribution in [0.25, 0.3) is 0 Å². The largest absolute Gasteiger partial charge is 0.390 e. The highest BCUT2D eigenvalue weighted by atomic mass is 16.3. The van der Waals surface area contributed by atoms with E-state index in [4.69, 9.17) is 5.73 Å². The average Bonchev–Trinajstić information content (AvgIpc) is 2.16. The van der Waals surface area contributed by atoms with Gasteiger partial charge in [0.1, 0.15) is 6.10 Å². The molecule has 1 aromatic rings. The number of aliphatic hydroxyl groups excluding tert-OH is 2. The van der Waals surface area contributed by atoms with Crippen molar-refractivity contribution < 1.29 is 10.2 Å². The predicted octanol–water partition coefficient (Wildman–Crippen LogP) is 0.560. The highest BCUT2D eigenvalue weighted by molar-refractivity contribution is 5.29. The van der Waals surface area contributed by atoms with Crippen LogP contribution in [0.15, 0.2) is 24.3 Å². The van der Waals surface area contributed by atoms with Crippen LogP contribution in [-0.4, -0.2) is 16.3 Å². The van der Waals surface area contributed by atoms with Gasteiger partial charge in [0.15, 0.2) is 0 Å². The number of aliphatic hydroxyl groups is 2. The van der Waals surface area contributed by atoms with Crippen LogP contribution in [0.3, 0.4) is 0 Å². The predicted molar refractivity (Wildman–Crippen MR) is 51.0 cm³/mol. The van der Waals surface area contributed by atoms with Crippen molar-refractivity contribution >= 4 is 0 Å². The third kappa shape index (κ3) is 2.28. The molecule has 0 aliphatic heterocycles. The number of rotatable bonds is 3. The lowest BCUT2D eigenvalue weighted by molar-refractivity contribution is 0.0300. The number of hydrogen-bond acceptors (Lipinski definition) is 3. The zero-order chi connectivity index (χ0) is 9.84. The van der Waals surface area contributed by atoms with E-state index >= 15 is 0 Å². The minimum absolute atomic E-state index is 0.375. The fraction of sp³-hybridized carbons (Fsp3) is 0.400. The summed E-state index contributed by atoms with van der Waals surface area (Å²) < 4.78 is 0. The van der Waals surface area contributed by atoms with Crippen LogP contribution in [-0.2, 0) is 6.54 Å². The third-order valence-electron chi connectivity index (χ3n) is 2.05. The quantitative estimate of drug-likeness (QED) is 0.638.